The van der Waals surface area contributed by atoms with Crippen LogP contribution in [0.5, 0.6) is 0 Å². The summed E-state index contributed by atoms with van der Waals surface area (Å²) in [5, 5.41) is 14.5. The molecule has 19 nitrogen and oxygen atoms in total. The van der Waals surface area contributed by atoms with E-state index in [-0.39, 0.29) is 52.8 Å². The van der Waals surface area contributed by atoms with Crippen LogP contribution >= 0.6 is 0 Å². The molecule has 19 heteroatoms. The minimum atomic E-state index is -1.36. The molecule has 3 aromatic carbocycles. The molecule has 0 aliphatic carbocycles. The summed E-state index contributed by atoms with van der Waals surface area (Å²) in [6.07, 6.45) is -13.9. The van der Waals surface area contributed by atoms with Crippen LogP contribution in [0.3, 0.4) is 0 Å². The predicted molar refractivity (Wildman–Crippen MR) is 306 cm³/mol. The second kappa shape index (κ2) is 29.8. The predicted octanol–water partition coefficient (Wildman–Crippen LogP) is 9.27. The second-order valence-electron chi connectivity index (χ2n) is 26.1. The molecule has 0 aromatic heterocycles. The van der Waals surface area contributed by atoms with Crippen LogP contribution in [0.25, 0.3) is 0 Å². The van der Waals surface area contributed by atoms with Crippen LogP contribution in [0.4, 0.5) is 4.79 Å². The first-order valence-electron chi connectivity index (χ1n) is 29.0. The largest absolute Gasteiger partial charge is 0.456 e. The van der Waals surface area contributed by atoms with Gasteiger partial charge in [-0.3, -0.25) is 14.4 Å². The summed E-state index contributed by atoms with van der Waals surface area (Å²) >= 11 is 0. The molecule has 3 aromatic rings. The first-order valence-corrected chi connectivity index (χ1v) is 29.0. The Kier molecular flexibility index (Phi) is 24.1. The summed E-state index contributed by atoms with van der Waals surface area (Å²) in [5.41, 5.74) is -0.883. The van der Waals surface area contributed by atoms with Gasteiger partial charge in [0.05, 0.1) is 80.8 Å². The highest BCUT2D eigenvalue weighted by Gasteiger charge is 2.56. The van der Waals surface area contributed by atoms with E-state index < -0.39 is 137 Å². The lowest BCUT2D eigenvalue weighted by Crippen LogP contribution is -2.64. The fourth-order valence-electron chi connectivity index (χ4n) is 9.44. The molecule has 15 unspecified atom stereocenters. The Bertz CT molecular complexity index is 2470. The van der Waals surface area contributed by atoms with Crippen LogP contribution in [0.15, 0.2) is 91.0 Å². The van der Waals surface area contributed by atoms with E-state index in [0.717, 1.165) is 16.7 Å². The second-order valence-corrected chi connectivity index (χ2v) is 26.1. The van der Waals surface area contributed by atoms with Crippen LogP contribution in [-0.2, 0) is 95.8 Å². The SMILES string of the molecule is CC1C(O)C(COCc2ccccc2)OC(OC2C(COCc3ccccc3)OC(OC3C(COCc4ccccc4)OC(OCCNC(=O)OC(C)(C)C)C(OC(=O)C(C)(C)C)C3C)C(OC(=O)C(C)(C)C)C2C)C1OC(=O)C(C)(C)C. The van der Waals surface area contributed by atoms with Gasteiger partial charge in [-0.1, -0.05) is 112 Å². The molecule has 1 amide bonds. The van der Waals surface area contributed by atoms with Crippen LogP contribution in [0.2, 0.25) is 0 Å². The Labute approximate surface area is 491 Å². The molecule has 3 heterocycles. The number of amides is 1. The van der Waals surface area contributed by atoms with Crippen molar-refractivity contribution in [1.82, 2.24) is 5.32 Å². The van der Waals surface area contributed by atoms with E-state index in [2.05, 4.69) is 5.32 Å². The lowest BCUT2D eigenvalue weighted by Gasteiger charge is -2.51. The van der Waals surface area contributed by atoms with Gasteiger partial charge in [-0.15, -0.1) is 0 Å². The van der Waals surface area contributed by atoms with Crippen molar-refractivity contribution in [3.63, 3.8) is 0 Å². The molecule has 3 saturated heterocycles. The molecule has 0 spiro atoms. The maximum absolute atomic E-state index is 14.3. The van der Waals surface area contributed by atoms with Gasteiger partial charge in [0.25, 0.3) is 0 Å². The van der Waals surface area contributed by atoms with E-state index in [1.165, 1.54) is 0 Å². The van der Waals surface area contributed by atoms with Gasteiger partial charge < -0.3 is 72.0 Å². The Hall–Kier alpha value is -5.06. The Morgan fingerprint density at radius 1 is 0.470 bits per heavy atom. The standard InChI is InChI=1S/C64H93NO18/c1-39-48(66)45(36-71-33-42-25-19-16-20-26-42)75-55(51(39)80-57(67)61(4,5)6)78-50-41(3)53(82-59(69)63(10,11)12)56(77-47(50)38-73-35-44-29-23-18-24-30-44)79-49-40(2)52(81-58(68)62(7,8)9)54(74-32-31-65-60(70)83-64(13,14)15)76-46(49)37-72-34-43-27-21-17-22-28-43/h16-30,39-41,45-56,66H,31-38H2,1-15H3,(H,65,70). The highest BCUT2D eigenvalue weighted by molar-refractivity contribution is 5.76. The molecule has 2 N–H and O–H groups in total. The normalized spacial score (nSPS) is 28.8. The van der Waals surface area contributed by atoms with Crippen molar-refractivity contribution in [1.29, 1.82) is 0 Å². The number of rotatable bonds is 23. The van der Waals surface area contributed by atoms with E-state index in [1.54, 1.807) is 90.0 Å². The van der Waals surface area contributed by atoms with Crippen LogP contribution in [0, 0.1) is 34.0 Å². The summed E-state index contributed by atoms with van der Waals surface area (Å²) in [5.74, 6) is -3.85. The Morgan fingerprint density at radius 3 is 1.18 bits per heavy atom. The molecule has 3 aliphatic rings. The maximum Gasteiger partial charge on any atom is 0.407 e. The number of nitrogens with one attached hydrogen (secondary N) is 1. The van der Waals surface area contributed by atoms with E-state index in [9.17, 15) is 24.3 Å². The molecule has 3 aliphatic heterocycles. The first-order chi connectivity index (χ1) is 39.0. The zero-order valence-corrected chi connectivity index (χ0v) is 51.4. The fourth-order valence-corrected chi connectivity index (χ4v) is 9.44. The number of alkyl carbamates (subject to hydrolysis) is 1. The highest BCUT2D eigenvalue weighted by atomic mass is 16.8. The summed E-state index contributed by atoms with van der Waals surface area (Å²) in [6, 6.07) is 28.8. The molecular formula is C64H93NO18. The van der Waals surface area contributed by atoms with Crippen molar-refractivity contribution in [3.8, 4) is 0 Å². The number of ether oxygens (including phenoxy) is 13. The molecule has 0 bridgehead atoms. The molecule has 0 radical (unpaired) electrons. The lowest BCUT2D eigenvalue weighted by atomic mass is 9.87. The quantitative estimate of drug-likeness (QED) is 0.0513. The van der Waals surface area contributed by atoms with Gasteiger partial charge in [-0.2, -0.15) is 0 Å². The van der Waals surface area contributed by atoms with Crippen molar-refractivity contribution in [2.45, 2.75) is 203 Å². The van der Waals surface area contributed by atoms with Gasteiger partial charge in [0.15, 0.2) is 37.2 Å². The van der Waals surface area contributed by atoms with Gasteiger partial charge in [-0.25, -0.2) is 4.79 Å². The number of benzene rings is 3. The fraction of sp³-hybridized carbons (Fsp3) is 0.656. The zero-order valence-electron chi connectivity index (χ0n) is 51.4. The third-order valence-electron chi connectivity index (χ3n) is 14.4. The number of carbonyl (C=O) groups excluding carboxylic acids is 4. The third-order valence-corrected chi connectivity index (χ3v) is 14.4. The monoisotopic (exact) mass is 1160 g/mol. The third kappa shape index (κ3) is 20.0. The zero-order chi connectivity index (χ0) is 60.9. The molecule has 6 rings (SSSR count). The van der Waals surface area contributed by atoms with Crippen molar-refractivity contribution in [3.05, 3.63) is 108 Å². The summed E-state index contributed by atoms with van der Waals surface area (Å²) in [7, 11) is 0. The number of aliphatic hydroxyl groups is 1. The minimum Gasteiger partial charge on any atom is -0.456 e. The summed E-state index contributed by atoms with van der Waals surface area (Å²) < 4.78 is 84.5. The van der Waals surface area contributed by atoms with Gasteiger partial charge >= 0.3 is 24.0 Å². The smallest absolute Gasteiger partial charge is 0.407 e. The van der Waals surface area contributed by atoms with Crippen molar-refractivity contribution in [2.24, 2.45) is 34.0 Å². The number of aliphatic hydroxyl groups excluding tert-OH is 1. The van der Waals surface area contributed by atoms with Gasteiger partial charge in [-0.05, 0) is 99.8 Å². The minimum absolute atomic E-state index is 0.0267. The number of esters is 3. The molecule has 3 fully saturated rings. The van der Waals surface area contributed by atoms with Gasteiger partial charge in [0.2, 0.25) is 0 Å². The van der Waals surface area contributed by atoms with Crippen molar-refractivity contribution >= 4 is 24.0 Å². The van der Waals surface area contributed by atoms with E-state index in [4.69, 9.17) is 61.6 Å². The first kappa shape index (κ1) is 67.1. The molecular weight excluding hydrogens is 1070 g/mol. The summed E-state index contributed by atoms with van der Waals surface area (Å²) in [6.45, 7) is 26.8. The maximum atomic E-state index is 14.3. The Morgan fingerprint density at radius 2 is 0.807 bits per heavy atom. The summed E-state index contributed by atoms with van der Waals surface area (Å²) in [4.78, 5) is 54.6. The number of hydrogen-bond acceptors (Lipinski definition) is 18. The number of hydrogen-bond donors (Lipinski definition) is 2. The van der Waals surface area contributed by atoms with E-state index in [1.807, 2.05) is 105 Å². The van der Waals surface area contributed by atoms with Crippen molar-refractivity contribution in [2.75, 3.05) is 33.0 Å². The van der Waals surface area contributed by atoms with Crippen LogP contribution < -0.4 is 5.32 Å². The molecule has 0 saturated carbocycles. The van der Waals surface area contributed by atoms with Gasteiger partial charge in [0, 0.05) is 24.3 Å². The van der Waals surface area contributed by atoms with Crippen molar-refractivity contribution < 1.29 is 85.9 Å². The van der Waals surface area contributed by atoms with Crippen LogP contribution in [0.1, 0.15) is 121 Å². The molecule has 15 atom stereocenters. The number of carbonyl (C=O) groups is 4. The van der Waals surface area contributed by atoms with Gasteiger partial charge in [0.1, 0.15) is 23.9 Å². The average molecular weight is 1160 g/mol. The van der Waals surface area contributed by atoms with Crippen LogP contribution in [-0.4, -0.2) is 141 Å². The molecule has 83 heavy (non-hydrogen) atoms. The Balaban J connectivity index is 1.38. The van der Waals surface area contributed by atoms with E-state index >= 15 is 0 Å². The molecule has 462 valence electrons. The van der Waals surface area contributed by atoms with E-state index in [0.29, 0.717) is 0 Å². The highest BCUT2D eigenvalue weighted by Crippen LogP contribution is 2.41. The average Bonchev–Trinajstić information content (AvgIpc) is 2.68. The topological polar surface area (TPSA) is 221 Å². The lowest BCUT2D eigenvalue weighted by molar-refractivity contribution is -0.371.